The molecule has 0 aliphatic heterocycles. The van der Waals surface area contributed by atoms with Gasteiger partial charge in [0.25, 0.3) is 0 Å². The van der Waals surface area contributed by atoms with E-state index in [4.69, 9.17) is 5.11 Å². The van der Waals surface area contributed by atoms with Crippen LogP contribution in [-0.4, -0.2) is 25.7 Å². The Morgan fingerprint density at radius 2 is 1.94 bits per heavy atom. The first-order valence-electron chi connectivity index (χ1n) is 5.39. The fourth-order valence-electron chi connectivity index (χ4n) is 1.79. The van der Waals surface area contributed by atoms with Crippen LogP contribution in [0.5, 0.6) is 0 Å². The van der Waals surface area contributed by atoms with Crippen LogP contribution in [0.1, 0.15) is 10.4 Å². The predicted molar refractivity (Wildman–Crippen MR) is 65.4 cm³/mol. The molecule has 2 aromatic heterocycles. The molecule has 0 unspecified atom stereocenters. The fraction of sp³-hybridized carbons (Fsp3) is 0. The summed E-state index contributed by atoms with van der Waals surface area (Å²) in [5.41, 5.74) is 2.13. The molecule has 5 nitrogen and oxygen atoms in total. The normalized spacial score (nSPS) is 10.7. The smallest absolute Gasteiger partial charge is 0.341 e. The monoisotopic (exact) mass is 239 g/mol. The van der Waals surface area contributed by atoms with Crippen LogP contribution in [0.3, 0.4) is 0 Å². The first-order chi connectivity index (χ1) is 8.75. The zero-order valence-corrected chi connectivity index (χ0v) is 9.32. The van der Waals surface area contributed by atoms with Gasteiger partial charge < -0.3 is 5.11 Å². The third-order valence-corrected chi connectivity index (χ3v) is 2.67. The van der Waals surface area contributed by atoms with Gasteiger partial charge in [0.15, 0.2) is 5.65 Å². The van der Waals surface area contributed by atoms with Crippen molar-refractivity contribution in [1.82, 2.24) is 14.6 Å². The average molecular weight is 239 g/mol. The number of rotatable bonds is 2. The molecule has 1 aromatic carbocycles. The molecule has 0 saturated heterocycles. The summed E-state index contributed by atoms with van der Waals surface area (Å²) in [7, 11) is 0. The molecule has 18 heavy (non-hydrogen) atoms. The van der Waals surface area contributed by atoms with Gasteiger partial charge in [-0.05, 0) is 6.07 Å². The number of hydrogen-bond donors (Lipinski definition) is 1. The van der Waals surface area contributed by atoms with Crippen LogP contribution in [0.25, 0.3) is 16.9 Å². The molecule has 0 fully saturated rings. The molecule has 0 atom stereocenters. The van der Waals surface area contributed by atoms with E-state index in [-0.39, 0.29) is 5.56 Å². The molecule has 0 radical (unpaired) electrons. The van der Waals surface area contributed by atoms with Crippen molar-refractivity contribution in [2.75, 3.05) is 0 Å². The van der Waals surface area contributed by atoms with E-state index in [1.165, 1.54) is 10.7 Å². The highest BCUT2D eigenvalue weighted by molar-refractivity contribution is 5.94. The fourth-order valence-corrected chi connectivity index (χ4v) is 1.79. The number of hydrogen-bond acceptors (Lipinski definition) is 3. The van der Waals surface area contributed by atoms with Gasteiger partial charge in [0, 0.05) is 11.8 Å². The first-order valence-corrected chi connectivity index (χ1v) is 5.39. The molecule has 3 rings (SSSR count). The molecule has 0 aliphatic carbocycles. The minimum absolute atomic E-state index is 0.104. The van der Waals surface area contributed by atoms with Gasteiger partial charge in [0.1, 0.15) is 5.56 Å². The summed E-state index contributed by atoms with van der Waals surface area (Å²) in [6, 6.07) is 11.4. The van der Waals surface area contributed by atoms with E-state index in [0.717, 1.165) is 11.3 Å². The SMILES string of the molecule is O=C(O)c1cnn2ccc(-c3ccccc3)nc12. The van der Waals surface area contributed by atoms with Crippen molar-refractivity contribution >= 4 is 11.6 Å². The Kier molecular flexibility index (Phi) is 2.30. The number of carboxylic acids is 1. The molecule has 88 valence electrons. The van der Waals surface area contributed by atoms with Gasteiger partial charge in [-0.25, -0.2) is 14.3 Å². The summed E-state index contributed by atoms with van der Waals surface area (Å²) in [5.74, 6) is -1.03. The molecule has 0 saturated carbocycles. The Morgan fingerprint density at radius 3 is 2.67 bits per heavy atom. The van der Waals surface area contributed by atoms with Crippen molar-refractivity contribution in [1.29, 1.82) is 0 Å². The van der Waals surface area contributed by atoms with Gasteiger partial charge >= 0.3 is 5.97 Å². The number of aromatic nitrogens is 3. The summed E-state index contributed by atoms with van der Waals surface area (Å²) < 4.78 is 1.45. The van der Waals surface area contributed by atoms with Gasteiger partial charge in [-0.1, -0.05) is 30.3 Å². The van der Waals surface area contributed by atoms with Gasteiger partial charge in [0.05, 0.1) is 11.9 Å². The third-order valence-electron chi connectivity index (χ3n) is 2.67. The van der Waals surface area contributed by atoms with Crippen molar-refractivity contribution in [3.8, 4) is 11.3 Å². The van der Waals surface area contributed by atoms with E-state index < -0.39 is 5.97 Å². The van der Waals surface area contributed by atoms with Crippen molar-refractivity contribution in [2.24, 2.45) is 0 Å². The summed E-state index contributed by atoms with van der Waals surface area (Å²) in [6.45, 7) is 0. The summed E-state index contributed by atoms with van der Waals surface area (Å²) >= 11 is 0. The van der Waals surface area contributed by atoms with Crippen molar-refractivity contribution in [3.05, 3.63) is 54.4 Å². The number of nitrogens with zero attached hydrogens (tertiary/aromatic N) is 3. The quantitative estimate of drug-likeness (QED) is 0.743. The van der Waals surface area contributed by atoms with Crippen molar-refractivity contribution < 1.29 is 9.90 Å². The Labute approximate surface area is 102 Å². The second kappa shape index (κ2) is 3.96. The van der Waals surface area contributed by atoms with E-state index in [1.807, 2.05) is 30.3 Å². The van der Waals surface area contributed by atoms with Crippen LogP contribution < -0.4 is 0 Å². The maximum atomic E-state index is 11.0. The lowest BCUT2D eigenvalue weighted by molar-refractivity contribution is 0.0699. The number of carbonyl (C=O) groups is 1. The largest absolute Gasteiger partial charge is 0.477 e. The standard InChI is InChI=1S/C13H9N3O2/c17-13(18)10-8-14-16-7-6-11(15-12(10)16)9-4-2-1-3-5-9/h1-8H,(H,17,18). The van der Waals surface area contributed by atoms with Crippen LogP contribution in [0.15, 0.2) is 48.8 Å². The van der Waals surface area contributed by atoms with Crippen LogP contribution in [-0.2, 0) is 0 Å². The Balaban J connectivity index is 2.21. The Morgan fingerprint density at radius 1 is 1.17 bits per heavy atom. The Bertz CT molecular complexity index is 719. The van der Waals surface area contributed by atoms with Crippen LogP contribution >= 0.6 is 0 Å². The minimum Gasteiger partial charge on any atom is -0.477 e. The van der Waals surface area contributed by atoms with E-state index >= 15 is 0 Å². The lowest BCUT2D eigenvalue weighted by Gasteiger charge is -2.01. The number of aromatic carboxylic acids is 1. The number of fused-ring (bicyclic) bond motifs is 1. The van der Waals surface area contributed by atoms with Crippen LogP contribution in [0.2, 0.25) is 0 Å². The molecule has 5 heteroatoms. The van der Waals surface area contributed by atoms with E-state index in [1.54, 1.807) is 12.3 Å². The predicted octanol–water partition coefficient (Wildman–Crippen LogP) is 2.09. The lowest BCUT2D eigenvalue weighted by atomic mass is 10.1. The zero-order chi connectivity index (χ0) is 12.5. The topological polar surface area (TPSA) is 67.5 Å². The van der Waals surface area contributed by atoms with Crippen LogP contribution in [0.4, 0.5) is 0 Å². The maximum absolute atomic E-state index is 11.0. The Hall–Kier alpha value is -2.69. The molecule has 0 aliphatic rings. The lowest BCUT2D eigenvalue weighted by Crippen LogP contribution is -1.98. The summed E-state index contributed by atoms with van der Waals surface area (Å²) in [6.07, 6.45) is 3.01. The average Bonchev–Trinajstić information content (AvgIpc) is 2.82. The molecule has 0 bridgehead atoms. The molecule has 3 aromatic rings. The third kappa shape index (κ3) is 1.62. The highest BCUT2D eigenvalue weighted by atomic mass is 16.4. The molecular weight excluding hydrogens is 230 g/mol. The summed E-state index contributed by atoms with van der Waals surface area (Å²) in [5, 5.41) is 13.0. The molecular formula is C13H9N3O2. The highest BCUT2D eigenvalue weighted by Gasteiger charge is 2.13. The molecule has 1 N–H and O–H groups in total. The zero-order valence-electron chi connectivity index (χ0n) is 9.32. The molecule has 2 heterocycles. The number of carboxylic acid groups (broad SMARTS) is 1. The minimum atomic E-state index is -1.03. The van der Waals surface area contributed by atoms with Crippen molar-refractivity contribution in [3.63, 3.8) is 0 Å². The van der Waals surface area contributed by atoms with Gasteiger partial charge in [-0.15, -0.1) is 0 Å². The second-order valence-electron chi connectivity index (χ2n) is 3.81. The van der Waals surface area contributed by atoms with Crippen LogP contribution in [0, 0.1) is 0 Å². The van der Waals surface area contributed by atoms with E-state index in [9.17, 15) is 4.79 Å². The molecule has 0 spiro atoms. The van der Waals surface area contributed by atoms with Crippen molar-refractivity contribution in [2.45, 2.75) is 0 Å². The maximum Gasteiger partial charge on any atom is 0.341 e. The van der Waals surface area contributed by atoms with E-state index in [0.29, 0.717) is 5.65 Å². The highest BCUT2D eigenvalue weighted by Crippen LogP contribution is 2.18. The number of benzene rings is 1. The van der Waals surface area contributed by atoms with Gasteiger partial charge in [0.2, 0.25) is 0 Å². The first kappa shape index (κ1) is 10.5. The van der Waals surface area contributed by atoms with E-state index in [2.05, 4.69) is 10.1 Å². The second-order valence-corrected chi connectivity index (χ2v) is 3.81. The van der Waals surface area contributed by atoms with Gasteiger partial charge in [-0.3, -0.25) is 0 Å². The summed E-state index contributed by atoms with van der Waals surface area (Å²) in [4.78, 5) is 15.4. The van der Waals surface area contributed by atoms with Gasteiger partial charge in [-0.2, -0.15) is 5.10 Å². The molecule has 0 amide bonds.